The molecule has 3 aromatic rings. The SMILES string of the molecule is CCCCn1c(N)c(N(Cc2ccccc2)C(=O)CSc2nccn2C2CC2)c(=O)[nH]c1=O. The summed E-state index contributed by atoms with van der Waals surface area (Å²) in [5.74, 6) is -0.193. The van der Waals surface area contributed by atoms with Gasteiger partial charge in [-0.3, -0.25) is 24.0 Å². The number of hydrogen-bond donors (Lipinski definition) is 2. The molecule has 0 spiro atoms. The Morgan fingerprint density at radius 2 is 2.03 bits per heavy atom. The van der Waals surface area contributed by atoms with Crippen molar-refractivity contribution in [3.05, 3.63) is 69.1 Å². The number of nitrogens with two attached hydrogens (primary N) is 1. The van der Waals surface area contributed by atoms with E-state index in [9.17, 15) is 14.4 Å². The van der Waals surface area contributed by atoms with Crippen molar-refractivity contribution in [1.29, 1.82) is 0 Å². The predicted molar refractivity (Wildman–Crippen MR) is 129 cm³/mol. The number of thioether (sulfide) groups is 1. The molecule has 33 heavy (non-hydrogen) atoms. The van der Waals surface area contributed by atoms with Crippen LogP contribution in [0.2, 0.25) is 0 Å². The Bertz CT molecular complexity index is 1230. The van der Waals surface area contributed by atoms with Gasteiger partial charge in [0.05, 0.1) is 12.3 Å². The molecule has 2 heterocycles. The van der Waals surface area contributed by atoms with Crippen LogP contribution in [0.3, 0.4) is 0 Å². The molecule has 1 aromatic carbocycles. The first kappa shape index (κ1) is 22.9. The number of H-pyrrole nitrogens is 1. The van der Waals surface area contributed by atoms with Crippen LogP contribution < -0.4 is 21.9 Å². The smallest absolute Gasteiger partial charge is 0.330 e. The normalized spacial score (nSPS) is 13.2. The minimum Gasteiger partial charge on any atom is -0.383 e. The fourth-order valence-corrected chi connectivity index (χ4v) is 4.58. The van der Waals surface area contributed by atoms with Gasteiger partial charge in [-0.05, 0) is 24.8 Å². The second-order valence-corrected chi connectivity index (χ2v) is 9.04. The van der Waals surface area contributed by atoms with E-state index in [-0.39, 0.29) is 29.7 Å². The molecule has 0 atom stereocenters. The molecule has 0 bridgehead atoms. The number of imidazole rings is 1. The number of nitrogen functional groups attached to an aromatic ring is 1. The summed E-state index contributed by atoms with van der Waals surface area (Å²) >= 11 is 1.34. The number of hydrogen-bond acceptors (Lipinski definition) is 6. The molecule has 1 saturated carbocycles. The molecule has 0 unspecified atom stereocenters. The summed E-state index contributed by atoms with van der Waals surface area (Å²) in [4.78, 5) is 46.7. The molecule has 1 aliphatic rings. The van der Waals surface area contributed by atoms with Gasteiger partial charge in [-0.1, -0.05) is 55.4 Å². The van der Waals surface area contributed by atoms with E-state index >= 15 is 0 Å². The summed E-state index contributed by atoms with van der Waals surface area (Å²) < 4.78 is 3.42. The van der Waals surface area contributed by atoms with Crippen molar-refractivity contribution in [3.63, 3.8) is 0 Å². The number of nitrogens with zero attached hydrogens (tertiary/aromatic N) is 4. The molecule has 0 saturated heterocycles. The Morgan fingerprint density at radius 3 is 2.73 bits per heavy atom. The van der Waals surface area contributed by atoms with Gasteiger partial charge in [0, 0.05) is 25.0 Å². The lowest BCUT2D eigenvalue weighted by molar-refractivity contribution is -0.116. The van der Waals surface area contributed by atoms with Crippen LogP contribution in [0, 0.1) is 0 Å². The van der Waals surface area contributed by atoms with Crippen LogP contribution in [0.5, 0.6) is 0 Å². The molecule has 0 radical (unpaired) electrons. The third kappa shape index (κ3) is 5.22. The van der Waals surface area contributed by atoms with Crippen LogP contribution in [0.25, 0.3) is 0 Å². The van der Waals surface area contributed by atoms with E-state index in [1.54, 1.807) is 6.20 Å². The van der Waals surface area contributed by atoms with Crippen LogP contribution >= 0.6 is 11.8 Å². The number of amides is 1. The minimum absolute atomic E-state index is 0.00527. The molecular weight excluding hydrogens is 440 g/mol. The van der Waals surface area contributed by atoms with Crippen LogP contribution in [0.1, 0.15) is 44.2 Å². The van der Waals surface area contributed by atoms with E-state index < -0.39 is 11.2 Å². The van der Waals surface area contributed by atoms with Crippen molar-refractivity contribution in [1.82, 2.24) is 19.1 Å². The average molecular weight is 469 g/mol. The van der Waals surface area contributed by atoms with Crippen LogP contribution in [-0.2, 0) is 17.9 Å². The molecule has 10 heteroatoms. The molecule has 0 aliphatic heterocycles. The maximum Gasteiger partial charge on any atom is 0.330 e. The zero-order chi connectivity index (χ0) is 23.4. The lowest BCUT2D eigenvalue weighted by atomic mass is 10.2. The van der Waals surface area contributed by atoms with Crippen LogP contribution in [0.15, 0.2) is 57.5 Å². The molecule has 1 aliphatic carbocycles. The minimum atomic E-state index is -0.668. The van der Waals surface area contributed by atoms with Crippen molar-refractivity contribution in [3.8, 4) is 0 Å². The first-order valence-corrected chi connectivity index (χ1v) is 12.1. The highest BCUT2D eigenvalue weighted by Gasteiger charge is 2.28. The van der Waals surface area contributed by atoms with Gasteiger partial charge in [-0.2, -0.15) is 0 Å². The average Bonchev–Trinajstić information content (AvgIpc) is 3.54. The standard InChI is InChI=1S/C23H28N6O3S/c1-2-3-12-28-20(24)19(21(31)26-22(28)32)29(14-16-7-5-4-6-8-16)18(30)15-33-23-25-11-13-27(23)17-9-10-17/h4-8,11,13,17H,2-3,9-10,12,14-15,24H2,1H3,(H,26,31,32). The Kier molecular flexibility index (Phi) is 7.02. The van der Waals surface area contributed by atoms with Gasteiger partial charge in [-0.15, -0.1) is 0 Å². The van der Waals surface area contributed by atoms with Gasteiger partial charge in [0.15, 0.2) is 10.8 Å². The van der Waals surface area contributed by atoms with Crippen LogP contribution in [0.4, 0.5) is 11.5 Å². The van der Waals surface area contributed by atoms with Gasteiger partial charge in [0.25, 0.3) is 5.56 Å². The number of nitrogens with one attached hydrogen (secondary N) is 1. The third-order valence-electron chi connectivity index (χ3n) is 5.60. The van der Waals surface area contributed by atoms with E-state index in [1.807, 2.05) is 43.5 Å². The topological polar surface area (TPSA) is 119 Å². The summed E-state index contributed by atoms with van der Waals surface area (Å²) in [5.41, 5.74) is 5.93. The molecule has 1 fully saturated rings. The number of benzene rings is 1. The van der Waals surface area contributed by atoms with Crippen molar-refractivity contribution in [2.24, 2.45) is 0 Å². The number of anilines is 2. The molecule has 174 valence electrons. The number of carbonyl (C=O) groups excluding carboxylic acids is 1. The highest BCUT2D eigenvalue weighted by atomic mass is 32.2. The number of carbonyl (C=O) groups is 1. The monoisotopic (exact) mass is 468 g/mol. The highest BCUT2D eigenvalue weighted by Crippen LogP contribution is 2.37. The Balaban J connectivity index is 1.66. The Morgan fingerprint density at radius 1 is 1.27 bits per heavy atom. The van der Waals surface area contributed by atoms with Gasteiger partial charge in [0.1, 0.15) is 5.82 Å². The second-order valence-electron chi connectivity index (χ2n) is 8.10. The number of aromatic nitrogens is 4. The lowest BCUT2D eigenvalue weighted by Gasteiger charge is -2.24. The van der Waals surface area contributed by atoms with Gasteiger partial charge in [-0.25, -0.2) is 9.78 Å². The number of aromatic amines is 1. The fourth-order valence-electron chi connectivity index (χ4n) is 3.68. The second kappa shape index (κ2) is 10.1. The summed E-state index contributed by atoms with van der Waals surface area (Å²) in [6.07, 6.45) is 7.48. The van der Waals surface area contributed by atoms with E-state index in [1.165, 1.54) is 21.2 Å². The van der Waals surface area contributed by atoms with E-state index in [2.05, 4.69) is 14.5 Å². The molecule has 4 rings (SSSR count). The quantitative estimate of drug-likeness (QED) is 0.442. The zero-order valence-corrected chi connectivity index (χ0v) is 19.4. The first-order chi connectivity index (χ1) is 16.0. The third-order valence-corrected chi connectivity index (χ3v) is 6.57. The van der Waals surface area contributed by atoms with Gasteiger partial charge < -0.3 is 10.3 Å². The number of rotatable bonds is 10. The summed E-state index contributed by atoms with van der Waals surface area (Å²) in [7, 11) is 0. The molecule has 1 amide bonds. The first-order valence-electron chi connectivity index (χ1n) is 11.1. The Hall–Kier alpha value is -3.27. The fraction of sp³-hybridized carbons (Fsp3) is 0.391. The Labute approximate surface area is 195 Å². The molecule has 9 nitrogen and oxygen atoms in total. The van der Waals surface area contributed by atoms with E-state index in [4.69, 9.17) is 5.73 Å². The van der Waals surface area contributed by atoms with Crippen molar-refractivity contribution >= 4 is 29.2 Å². The summed E-state index contributed by atoms with van der Waals surface area (Å²) in [6.45, 7) is 2.53. The summed E-state index contributed by atoms with van der Waals surface area (Å²) in [5, 5.41) is 0.778. The molecule has 3 N–H and O–H groups in total. The zero-order valence-electron chi connectivity index (χ0n) is 18.6. The van der Waals surface area contributed by atoms with Crippen molar-refractivity contribution in [2.45, 2.75) is 56.9 Å². The van der Waals surface area contributed by atoms with Gasteiger partial charge >= 0.3 is 5.69 Å². The maximum absolute atomic E-state index is 13.4. The maximum atomic E-state index is 13.4. The lowest BCUT2D eigenvalue weighted by Crippen LogP contribution is -2.41. The molecular formula is C23H28N6O3S. The van der Waals surface area contributed by atoms with Gasteiger partial charge in [0.2, 0.25) is 5.91 Å². The van der Waals surface area contributed by atoms with E-state index in [0.29, 0.717) is 12.6 Å². The van der Waals surface area contributed by atoms with E-state index in [0.717, 1.165) is 36.4 Å². The van der Waals surface area contributed by atoms with Crippen molar-refractivity contribution in [2.75, 3.05) is 16.4 Å². The highest BCUT2D eigenvalue weighted by molar-refractivity contribution is 7.99. The van der Waals surface area contributed by atoms with Crippen LogP contribution in [-0.4, -0.2) is 30.8 Å². The largest absolute Gasteiger partial charge is 0.383 e. The summed E-state index contributed by atoms with van der Waals surface area (Å²) in [6, 6.07) is 9.83. The number of unbranched alkanes of at least 4 members (excludes halogenated alkanes) is 1. The van der Waals surface area contributed by atoms with Crippen molar-refractivity contribution < 1.29 is 4.79 Å². The molecule has 2 aromatic heterocycles. The predicted octanol–water partition coefficient (Wildman–Crippen LogP) is 2.78.